The lowest BCUT2D eigenvalue weighted by molar-refractivity contribution is -0.384. The summed E-state index contributed by atoms with van der Waals surface area (Å²) in [4.78, 5) is 27.6. The number of rotatable bonds is 8. The maximum atomic E-state index is 13.0. The molecule has 8 nitrogen and oxygen atoms in total. The van der Waals surface area contributed by atoms with E-state index < -0.39 is 0 Å². The number of carbonyl (C=O) groups is 1. The van der Waals surface area contributed by atoms with Crippen molar-refractivity contribution in [3.05, 3.63) is 58.1 Å². The molecule has 1 fully saturated rings. The Morgan fingerprint density at radius 3 is 2.45 bits per heavy atom. The SMILES string of the molecule is COc1cc(C(=O)N2CCN(c3ccccc3[N+](=O)[O-])CC2)ccc1OCCC(C)C. The predicted octanol–water partition coefficient (Wildman–Crippen LogP) is 3.99. The predicted molar refractivity (Wildman–Crippen MR) is 119 cm³/mol. The molecule has 0 N–H and O–H groups in total. The van der Waals surface area contributed by atoms with Gasteiger partial charge in [0.25, 0.3) is 11.6 Å². The van der Waals surface area contributed by atoms with Crippen molar-refractivity contribution in [1.82, 2.24) is 4.90 Å². The second-order valence-electron chi connectivity index (χ2n) is 7.92. The minimum atomic E-state index is -0.371. The highest BCUT2D eigenvalue weighted by molar-refractivity contribution is 5.95. The standard InChI is InChI=1S/C23H29N3O5/c1-17(2)10-15-31-21-9-8-18(16-22(21)30-3)23(27)25-13-11-24(12-14-25)19-6-4-5-7-20(19)26(28)29/h4-9,16-17H,10-15H2,1-3H3. The van der Waals surface area contributed by atoms with E-state index in [9.17, 15) is 14.9 Å². The van der Waals surface area contributed by atoms with E-state index in [0.717, 1.165) is 6.42 Å². The molecule has 8 heteroatoms. The number of benzene rings is 2. The van der Waals surface area contributed by atoms with Crippen LogP contribution in [0, 0.1) is 16.0 Å². The van der Waals surface area contributed by atoms with Crippen LogP contribution in [0.2, 0.25) is 0 Å². The van der Waals surface area contributed by atoms with Gasteiger partial charge in [0.1, 0.15) is 5.69 Å². The fourth-order valence-electron chi connectivity index (χ4n) is 3.54. The molecule has 1 aliphatic heterocycles. The van der Waals surface area contributed by atoms with E-state index in [4.69, 9.17) is 9.47 Å². The zero-order valence-corrected chi connectivity index (χ0v) is 18.2. The van der Waals surface area contributed by atoms with Crippen molar-refractivity contribution in [2.24, 2.45) is 5.92 Å². The summed E-state index contributed by atoms with van der Waals surface area (Å²) in [5.41, 5.74) is 1.21. The van der Waals surface area contributed by atoms with Crippen LogP contribution in [0.1, 0.15) is 30.6 Å². The van der Waals surface area contributed by atoms with Crippen LogP contribution in [0.3, 0.4) is 0 Å². The normalized spacial score (nSPS) is 13.9. The number of nitro groups is 1. The van der Waals surface area contributed by atoms with Gasteiger partial charge in [-0.3, -0.25) is 14.9 Å². The molecule has 2 aromatic carbocycles. The molecule has 1 aliphatic rings. The van der Waals surface area contributed by atoms with Crippen molar-refractivity contribution in [3.63, 3.8) is 0 Å². The third-order valence-electron chi connectivity index (χ3n) is 5.35. The molecular weight excluding hydrogens is 398 g/mol. The minimum absolute atomic E-state index is 0.0834. The van der Waals surface area contributed by atoms with Gasteiger partial charge in [0, 0.05) is 37.8 Å². The molecule has 0 aliphatic carbocycles. The smallest absolute Gasteiger partial charge is 0.292 e. The summed E-state index contributed by atoms with van der Waals surface area (Å²) >= 11 is 0. The molecule has 1 saturated heterocycles. The quantitative estimate of drug-likeness (QED) is 0.468. The number of nitrogens with zero attached hydrogens (tertiary/aromatic N) is 3. The molecule has 3 rings (SSSR count). The van der Waals surface area contributed by atoms with E-state index in [0.29, 0.717) is 61.5 Å². The summed E-state index contributed by atoms with van der Waals surface area (Å²) in [7, 11) is 1.56. The van der Waals surface area contributed by atoms with Crippen molar-refractivity contribution >= 4 is 17.3 Å². The van der Waals surface area contributed by atoms with E-state index >= 15 is 0 Å². The van der Waals surface area contributed by atoms with Crippen molar-refractivity contribution in [1.29, 1.82) is 0 Å². The Labute approximate surface area is 182 Å². The van der Waals surface area contributed by atoms with Gasteiger partial charge >= 0.3 is 0 Å². The minimum Gasteiger partial charge on any atom is -0.493 e. The second-order valence-corrected chi connectivity index (χ2v) is 7.92. The number of piperazine rings is 1. The third kappa shape index (κ3) is 5.45. The van der Waals surface area contributed by atoms with E-state index in [1.165, 1.54) is 6.07 Å². The van der Waals surface area contributed by atoms with Gasteiger partial charge in [0.05, 0.1) is 18.6 Å². The van der Waals surface area contributed by atoms with Crippen molar-refractivity contribution in [3.8, 4) is 11.5 Å². The number of carbonyl (C=O) groups excluding carboxylic acids is 1. The Kier molecular flexibility index (Phi) is 7.33. The topological polar surface area (TPSA) is 85.2 Å². The highest BCUT2D eigenvalue weighted by Gasteiger charge is 2.26. The van der Waals surface area contributed by atoms with Gasteiger partial charge in [0.15, 0.2) is 11.5 Å². The molecule has 2 aromatic rings. The maximum absolute atomic E-state index is 13.0. The zero-order valence-electron chi connectivity index (χ0n) is 18.2. The average Bonchev–Trinajstić information content (AvgIpc) is 2.78. The first kappa shape index (κ1) is 22.4. The Morgan fingerprint density at radius 2 is 1.81 bits per heavy atom. The van der Waals surface area contributed by atoms with Gasteiger partial charge in [0.2, 0.25) is 0 Å². The van der Waals surface area contributed by atoms with Gasteiger partial charge < -0.3 is 19.3 Å². The number of methoxy groups -OCH3 is 1. The first-order chi connectivity index (χ1) is 14.9. The van der Waals surface area contributed by atoms with Crippen molar-refractivity contribution in [2.75, 3.05) is 44.8 Å². The van der Waals surface area contributed by atoms with Crippen molar-refractivity contribution in [2.45, 2.75) is 20.3 Å². The lowest BCUT2D eigenvalue weighted by Crippen LogP contribution is -2.49. The zero-order chi connectivity index (χ0) is 22.4. The summed E-state index contributed by atoms with van der Waals surface area (Å²) in [5, 5.41) is 11.3. The second kappa shape index (κ2) is 10.1. The number of para-hydroxylation sites is 2. The number of amides is 1. The summed E-state index contributed by atoms with van der Waals surface area (Å²) in [6.45, 7) is 6.90. The number of anilines is 1. The van der Waals surface area contributed by atoms with Gasteiger partial charge in [-0.1, -0.05) is 26.0 Å². The van der Waals surface area contributed by atoms with E-state index in [1.54, 1.807) is 48.4 Å². The first-order valence-corrected chi connectivity index (χ1v) is 10.5. The van der Waals surface area contributed by atoms with Gasteiger partial charge in [-0.15, -0.1) is 0 Å². The molecule has 166 valence electrons. The molecule has 0 saturated carbocycles. The molecular formula is C23H29N3O5. The Balaban J connectivity index is 1.65. The fourth-order valence-corrected chi connectivity index (χ4v) is 3.54. The molecule has 31 heavy (non-hydrogen) atoms. The molecule has 0 aromatic heterocycles. The Hall–Kier alpha value is -3.29. The van der Waals surface area contributed by atoms with Gasteiger partial charge in [-0.05, 0) is 36.6 Å². The molecule has 0 bridgehead atoms. The number of ether oxygens (including phenoxy) is 2. The third-order valence-corrected chi connectivity index (χ3v) is 5.35. The van der Waals surface area contributed by atoms with Crippen molar-refractivity contribution < 1.29 is 19.2 Å². The molecule has 0 radical (unpaired) electrons. The Morgan fingerprint density at radius 1 is 1.10 bits per heavy atom. The van der Waals surface area contributed by atoms with Crippen LogP contribution in [0.4, 0.5) is 11.4 Å². The summed E-state index contributed by atoms with van der Waals surface area (Å²) in [6.07, 6.45) is 0.938. The largest absolute Gasteiger partial charge is 0.493 e. The first-order valence-electron chi connectivity index (χ1n) is 10.5. The van der Waals surface area contributed by atoms with Crippen LogP contribution in [-0.4, -0.2) is 55.6 Å². The maximum Gasteiger partial charge on any atom is 0.292 e. The average molecular weight is 428 g/mol. The molecule has 1 heterocycles. The lowest BCUT2D eigenvalue weighted by atomic mass is 10.1. The van der Waals surface area contributed by atoms with E-state index in [2.05, 4.69) is 13.8 Å². The molecule has 0 atom stereocenters. The fraction of sp³-hybridized carbons (Fsp3) is 0.435. The van der Waals surface area contributed by atoms with Gasteiger partial charge in [-0.2, -0.15) is 0 Å². The van der Waals surface area contributed by atoms with Crippen LogP contribution in [0.25, 0.3) is 0 Å². The molecule has 0 unspecified atom stereocenters. The summed E-state index contributed by atoms with van der Waals surface area (Å²) in [5.74, 6) is 1.62. The van der Waals surface area contributed by atoms with Crippen LogP contribution in [0.15, 0.2) is 42.5 Å². The summed E-state index contributed by atoms with van der Waals surface area (Å²) in [6, 6.07) is 11.9. The number of hydrogen-bond donors (Lipinski definition) is 0. The number of nitro benzene ring substituents is 1. The van der Waals surface area contributed by atoms with Crippen LogP contribution in [-0.2, 0) is 0 Å². The highest BCUT2D eigenvalue weighted by atomic mass is 16.6. The van der Waals surface area contributed by atoms with E-state index in [-0.39, 0.29) is 16.5 Å². The van der Waals surface area contributed by atoms with Gasteiger partial charge in [-0.25, -0.2) is 0 Å². The van der Waals surface area contributed by atoms with Crippen LogP contribution < -0.4 is 14.4 Å². The monoisotopic (exact) mass is 427 g/mol. The lowest BCUT2D eigenvalue weighted by Gasteiger charge is -2.35. The van der Waals surface area contributed by atoms with Crippen LogP contribution >= 0.6 is 0 Å². The highest BCUT2D eigenvalue weighted by Crippen LogP contribution is 2.30. The molecule has 0 spiro atoms. The van der Waals surface area contributed by atoms with Crippen LogP contribution in [0.5, 0.6) is 11.5 Å². The summed E-state index contributed by atoms with van der Waals surface area (Å²) < 4.78 is 11.2. The van der Waals surface area contributed by atoms with E-state index in [1.807, 2.05) is 4.90 Å². The Bertz CT molecular complexity index is 923. The molecule has 1 amide bonds. The number of hydrogen-bond acceptors (Lipinski definition) is 6.